The Labute approximate surface area is 153 Å². The zero-order valence-corrected chi connectivity index (χ0v) is 15.6. The molecule has 1 spiro atoms. The first kappa shape index (κ1) is 17.1. The summed E-state index contributed by atoms with van der Waals surface area (Å²) < 4.78 is 0. The van der Waals surface area contributed by atoms with Crippen LogP contribution in [0.5, 0.6) is 0 Å². The second-order valence-electron chi connectivity index (χ2n) is 8.61. The van der Waals surface area contributed by atoms with Crippen LogP contribution in [0.25, 0.3) is 0 Å². The predicted molar refractivity (Wildman–Crippen MR) is 104 cm³/mol. The number of carbonyl (C=O) groups excluding carboxylic acids is 1. The summed E-state index contributed by atoms with van der Waals surface area (Å²) >= 11 is 0. The zero-order chi connectivity index (χ0) is 17.3. The molecule has 1 heterocycles. The monoisotopic (exact) mass is 342 g/mol. The van der Waals surface area contributed by atoms with Gasteiger partial charge in [-0.3, -0.25) is 4.79 Å². The summed E-state index contributed by atoms with van der Waals surface area (Å²) in [5.74, 6) is 1.04. The molecule has 25 heavy (non-hydrogen) atoms. The number of nitrogens with one attached hydrogen (secondary N) is 1. The third-order valence-corrected chi connectivity index (χ3v) is 7.00. The van der Waals surface area contributed by atoms with Gasteiger partial charge in [0.25, 0.3) is 0 Å². The van der Waals surface area contributed by atoms with Crippen LogP contribution >= 0.6 is 0 Å². The largest absolute Gasteiger partial charge is 0.350 e. The highest BCUT2D eigenvalue weighted by atomic mass is 16.1. The number of amides is 1. The van der Waals surface area contributed by atoms with Gasteiger partial charge in [-0.15, -0.1) is 0 Å². The van der Waals surface area contributed by atoms with E-state index < -0.39 is 0 Å². The fourth-order valence-electron chi connectivity index (χ4n) is 5.63. The fraction of sp³-hybridized carbons (Fsp3) is 0.682. The number of piperidine rings is 1. The van der Waals surface area contributed by atoms with Gasteiger partial charge < -0.3 is 10.2 Å². The molecule has 3 aliphatic rings. The molecule has 3 heteroatoms. The van der Waals surface area contributed by atoms with Crippen LogP contribution in [0, 0.1) is 5.92 Å². The maximum Gasteiger partial charge on any atom is 0.217 e. The number of nitrogens with zero attached hydrogens (tertiary/aromatic N) is 1. The number of hydrogen-bond donors (Lipinski definition) is 1. The van der Waals surface area contributed by atoms with Gasteiger partial charge in [-0.1, -0.05) is 37.1 Å². The van der Waals surface area contributed by atoms with Crippen LogP contribution in [0.4, 0.5) is 0 Å². The fourth-order valence-corrected chi connectivity index (χ4v) is 5.63. The van der Waals surface area contributed by atoms with E-state index in [9.17, 15) is 4.79 Å². The minimum atomic E-state index is 0. The molecule has 0 radical (unpaired) electrons. The van der Waals surface area contributed by atoms with E-state index in [0.29, 0.717) is 5.41 Å². The van der Waals surface area contributed by atoms with Crippen LogP contribution in [-0.4, -0.2) is 30.4 Å². The Morgan fingerprint density at radius 2 is 1.88 bits per heavy atom. The number of carbonyl (C=O) groups is 1. The summed E-state index contributed by atoms with van der Waals surface area (Å²) in [4.78, 5) is 14.3. The smallest absolute Gasteiger partial charge is 0.217 e. The molecule has 1 saturated carbocycles. The number of rotatable bonds is 3. The van der Waals surface area contributed by atoms with Crippen LogP contribution in [0.3, 0.4) is 0 Å². The first-order valence-corrected chi connectivity index (χ1v) is 10.3. The molecule has 1 saturated heterocycles. The van der Waals surface area contributed by atoms with E-state index in [1.807, 2.05) is 0 Å². The summed E-state index contributed by atoms with van der Waals surface area (Å²) in [6.07, 6.45) is 10.6. The Morgan fingerprint density at radius 3 is 2.60 bits per heavy atom. The topological polar surface area (TPSA) is 32.3 Å². The van der Waals surface area contributed by atoms with Gasteiger partial charge in [0.05, 0.1) is 6.04 Å². The van der Waals surface area contributed by atoms with Crippen LogP contribution in [-0.2, 0) is 10.2 Å². The number of likely N-dealkylation sites (tertiary alicyclic amines) is 1. The van der Waals surface area contributed by atoms with E-state index in [1.165, 1.54) is 75.7 Å². The number of hydrogen-bond acceptors (Lipinski definition) is 2. The van der Waals surface area contributed by atoms with Gasteiger partial charge >= 0.3 is 0 Å². The molecule has 4 rings (SSSR count). The highest BCUT2D eigenvalue weighted by molar-refractivity contribution is 5.73. The molecular formula is C22H34N2O. The van der Waals surface area contributed by atoms with Crippen molar-refractivity contribution in [3.05, 3.63) is 35.4 Å². The minimum Gasteiger partial charge on any atom is -0.350 e. The third kappa shape index (κ3) is 3.48. The van der Waals surface area contributed by atoms with Gasteiger partial charge in [-0.05, 0) is 74.1 Å². The predicted octanol–water partition coefficient (Wildman–Crippen LogP) is 4.43. The molecule has 0 unspecified atom stereocenters. The molecular weight excluding hydrogens is 308 g/mol. The normalized spacial score (nSPS) is 26.5. The highest BCUT2D eigenvalue weighted by Gasteiger charge is 2.42. The van der Waals surface area contributed by atoms with E-state index in [4.69, 9.17) is 0 Å². The summed E-state index contributed by atoms with van der Waals surface area (Å²) in [5, 5.41) is 3.17. The Hall–Kier alpha value is -1.35. The van der Waals surface area contributed by atoms with Crippen molar-refractivity contribution >= 4 is 5.91 Å². The molecule has 2 aliphatic carbocycles. The lowest BCUT2D eigenvalue weighted by Crippen LogP contribution is -2.47. The van der Waals surface area contributed by atoms with Gasteiger partial charge in [0, 0.05) is 14.9 Å². The average molecular weight is 343 g/mol. The van der Waals surface area contributed by atoms with Crippen molar-refractivity contribution in [1.82, 2.24) is 10.2 Å². The molecule has 2 fully saturated rings. The SMILES string of the molecule is CC(=O)N[C@H]1CCC2(CCN(CC3CCCC3)CC2)c2ccccc21.[HH]. The molecule has 1 aromatic rings. The van der Waals surface area contributed by atoms with Gasteiger partial charge in [0.1, 0.15) is 0 Å². The molecule has 0 bridgehead atoms. The maximum absolute atomic E-state index is 11.6. The Balaban J connectivity index is 0.00000196. The summed E-state index contributed by atoms with van der Waals surface area (Å²) in [6, 6.07) is 9.08. The lowest BCUT2D eigenvalue weighted by Gasteiger charge is -2.47. The number of benzene rings is 1. The molecule has 1 amide bonds. The van der Waals surface area contributed by atoms with Crippen molar-refractivity contribution < 1.29 is 6.22 Å². The van der Waals surface area contributed by atoms with E-state index in [2.05, 4.69) is 34.5 Å². The van der Waals surface area contributed by atoms with Crippen LogP contribution in [0.1, 0.15) is 76.9 Å². The first-order chi connectivity index (χ1) is 12.2. The highest BCUT2D eigenvalue weighted by Crippen LogP contribution is 2.48. The Morgan fingerprint density at radius 1 is 1.16 bits per heavy atom. The minimum absolute atomic E-state index is 0. The van der Waals surface area contributed by atoms with Crippen LogP contribution in [0.15, 0.2) is 24.3 Å². The van der Waals surface area contributed by atoms with E-state index >= 15 is 0 Å². The average Bonchev–Trinajstić information content (AvgIpc) is 3.13. The van der Waals surface area contributed by atoms with Gasteiger partial charge in [0.15, 0.2) is 0 Å². The van der Waals surface area contributed by atoms with Crippen molar-refractivity contribution in [3.63, 3.8) is 0 Å². The van der Waals surface area contributed by atoms with Crippen LogP contribution in [0.2, 0.25) is 0 Å². The molecule has 3 nitrogen and oxygen atoms in total. The van der Waals surface area contributed by atoms with Gasteiger partial charge in [-0.2, -0.15) is 0 Å². The quantitative estimate of drug-likeness (QED) is 0.881. The lowest BCUT2D eigenvalue weighted by atomic mass is 9.63. The standard InChI is InChI=1S/C22H32N2O.H2/c1-17(25)23-21-10-11-22(20-9-5-4-8-19(20)21)12-14-24(15-13-22)16-18-6-2-3-7-18;/h4-5,8-9,18,21H,2-3,6-7,10-16H2,1H3,(H,23,25);1H/t21-;/m0./s1. The summed E-state index contributed by atoms with van der Waals surface area (Å²) in [6.45, 7) is 5.45. The summed E-state index contributed by atoms with van der Waals surface area (Å²) in [5.41, 5.74) is 3.23. The molecule has 1 N–H and O–H groups in total. The van der Waals surface area contributed by atoms with Crippen molar-refractivity contribution in [2.45, 2.75) is 69.7 Å². The van der Waals surface area contributed by atoms with E-state index in [-0.39, 0.29) is 13.4 Å². The van der Waals surface area contributed by atoms with Crippen molar-refractivity contribution in [3.8, 4) is 0 Å². The maximum atomic E-state index is 11.6. The first-order valence-electron chi connectivity index (χ1n) is 10.3. The van der Waals surface area contributed by atoms with E-state index in [0.717, 1.165) is 12.3 Å². The zero-order valence-electron chi connectivity index (χ0n) is 15.6. The lowest BCUT2D eigenvalue weighted by molar-refractivity contribution is -0.119. The van der Waals surface area contributed by atoms with Gasteiger partial charge in [0.2, 0.25) is 5.91 Å². The Kier molecular flexibility index (Phi) is 4.86. The molecule has 1 atom stereocenters. The molecule has 0 aromatic heterocycles. The van der Waals surface area contributed by atoms with Crippen molar-refractivity contribution in [1.29, 1.82) is 0 Å². The Bertz CT molecular complexity index is 618. The second kappa shape index (κ2) is 7.11. The number of fused-ring (bicyclic) bond motifs is 2. The van der Waals surface area contributed by atoms with Gasteiger partial charge in [-0.25, -0.2) is 0 Å². The third-order valence-electron chi connectivity index (χ3n) is 7.00. The molecule has 1 aromatic carbocycles. The molecule has 1 aliphatic heterocycles. The van der Waals surface area contributed by atoms with Crippen LogP contribution < -0.4 is 5.32 Å². The second-order valence-corrected chi connectivity index (χ2v) is 8.61. The molecule has 138 valence electrons. The van der Waals surface area contributed by atoms with Crippen molar-refractivity contribution in [2.24, 2.45) is 5.92 Å². The van der Waals surface area contributed by atoms with Crippen molar-refractivity contribution in [2.75, 3.05) is 19.6 Å². The van der Waals surface area contributed by atoms with E-state index in [1.54, 1.807) is 6.92 Å². The summed E-state index contributed by atoms with van der Waals surface area (Å²) in [7, 11) is 0.